The molecule has 2 N–H and O–H groups in total. The highest BCUT2D eigenvalue weighted by molar-refractivity contribution is 5.63. The second-order valence-electron chi connectivity index (χ2n) is 4.51. The standard InChI is InChI=1S/C14H17N3O3/c1-2-7-16-8-3-4-11(16)10-15-13-6-5-12(18)9-14(13)17(19)20/h3-6,8-9,15,18H,2,7,10H2,1H3. The van der Waals surface area contributed by atoms with Crippen LogP contribution in [-0.4, -0.2) is 14.6 Å². The molecule has 0 atom stereocenters. The van der Waals surface area contributed by atoms with Crippen molar-refractivity contribution in [2.24, 2.45) is 0 Å². The SMILES string of the molecule is CCCn1cccc1CNc1ccc(O)cc1[N+](=O)[O-]. The molecule has 0 aliphatic carbocycles. The molecular weight excluding hydrogens is 258 g/mol. The van der Waals surface area contributed by atoms with Crippen LogP contribution in [0, 0.1) is 10.1 Å². The van der Waals surface area contributed by atoms with E-state index in [1.807, 2.05) is 18.3 Å². The molecule has 0 spiro atoms. The van der Waals surface area contributed by atoms with Crippen molar-refractivity contribution in [2.45, 2.75) is 26.4 Å². The van der Waals surface area contributed by atoms with E-state index in [1.165, 1.54) is 12.1 Å². The summed E-state index contributed by atoms with van der Waals surface area (Å²) < 4.78 is 2.11. The minimum atomic E-state index is -0.507. The van der Waals surface area contributed by atoms with Crippen molar-refractivity contribution in [3.8, 4) is 5.75 Å². The first kappa shape index (κ1) is 13.9. The number of nitrogens with zero attached hydrogens (tertiary/aromatic N) is 2. The third-order valence-electron chi connectivity index (χ3n) is 3.03. The van der Waals surface area contributed by atoms with E-state index in [2.05, 4.69) is 16.8 Å². The monoisotopic (exact) mass is 275 g/mol. The van der Waals surface area contributed by atoms with Gasteiger partial charge in [-0.3, -0.25) is 10.1 Å². The van der Waals surface area contributed by atoms with Crippen molar-refractivity contribution >= 4 is 11.4 Å². The van der Waals surface area contributed by atoms with Crippen LogP contribution in [-0.2, 0) is 13.1 Å². The number of hydrogen-bond acceptors (Lipinski definition) is 4. The van der Waals surface area contributed by atoms with Gasteiger partial charge in [0.25, 0.3) is 5.69 Å². The highest BCUT2D eigenvalue weighted by atomic mass is 16.6. The van der Waals surface area contributed by atoms with Gasteiger partial charge in [0, 0.05) is 18.4 Å². The fraction of sp³-hybridized carbons (Fsp3) is 0.286. The number of benzene rings is 1. The highest BCUT2D eigenvalue weighted by Gasteiger charge is 2.14. The predicted octanol–water partition coefficient (Wildman–Crippen LogP) is 3.12. The van der Waals surface area contributed by atoms with Crippen molar-refractivity contribution in [3.63, 3.8) is 0 Å². The molecule has 0 unspecified atom stereocenters. The number of aromatic hydroxyl groups is 1. The van der Waals surface area contributed by atoms with E-state index >= 15 is 0 Å². The second kappa shape index (κ2) is 6.10. The molecule has 0 saturated heterocycles. The largest absolute Gasteiger partial charge is 0.508 e. The van der Waals surface area contributed by atoms with Gasteiger partial charge in [-0.05, 0) is 30.7 Å². The molecule has 2 rings (SSSR count). The number of nitro benzene ring substituents is 1. The van der Waals surface area contributed by atoms with Crippen LogP contribution < -0.4 is 5.32 Å². The number of aryl methyl sites for hydroxylation is 1. The molecule has 0 fully saturated rings. The Morgan fingerprint density at radius 1 is 1.40 bits per heavy atom. The highest BCUT2D eigenvalue weighted by Crippen LogP contribution is 2.28. The molecule has 106 valence electrons. The summed E-state index contributed by atoms with van der Waals surface area (Å²) in [4.78, 5) is 10.4. The Balaban J connectivity index is 2.14. The van der Waals surface area contributed by atoms with Gasteiger partial charge in [-0.2, -0.15) is 0 Å². The molecule has 6 nitrogen and oxygen atoms in total. The first-order valence-electron chi connectivity index (χ1n) is 6.47. The Morgan fingerprint density at radius 3 is 2.90 bits per heavy atom. The van der Waals surface area contributed by atoms with Crippen LogP contribution in [0.4, 0.5) is 11.4 Å². The van der Waals surface area contributed by atoms with Crippen LogP contribution in [0.1, 0.15) is 19.0 Å². The minimum Gasteiger partial charge on any atom is -0.508 e. The topological polar surface area (TPSA) is 80.3 Å². The number of aromatic nitrogens is 1. The van der Waals surface area contributed by atoms with E-state index in [4.69, 9.17) is 0 Å². The summed E-state index contributed by atoms with van der Waals surface area (Å²) >= 11 is 0. The molecule has 20 heavy (non-hydrogen) atoms. The van der Waals surface area contributed by atoms with Crippen LogP contribution in [0.5, 0.6) is 5.75 Å². The van der Waals surface area contributed by atoms with Crippen molar-refractivity contribution in [2.75, 3.05) is 5.32 Å². The lowest BCUT2D eigenvalue weighted by Gasteiger charge is -2.10. The maximum absolute atomic E-state index is 11.0. The van der Waals surface area contributed by atoms with Gasteiger partial charge in [0.1, 0.15) is 11.4 Å². The Bertz CT molecular complexity index is 607. The van der Waals surface area contributed by atoms with Gasteiger partial charge >= 0.3 is 0 Å². The van der Waals surface area contributed by atoms with Gasteiger partial charge in [0.05, 0.1) is 17.5 Å². The van der Waals surface area contributed by atoms with E-state index in [-0.39, 0.29) is 11.4 Å². The Hall–Kier alpha value is -2.50. The summed E-state index contributed by atoms with van der Waals surface area (Å²) in [6, 6.07) is 8.03. The van der Waals surface area contributed by atoms with Gasteiger partial charge in [0.15, 0.2) is 0 Å². The normalized spacial score (nSPS) is 10.4. The first-order valence-corrected chi connectivity index (χ1v) is 6.47. The van der Waals surface area contributed by atoms with E-state index in [1.54, 1.807) is 0 Å². The number of phenols is 1. The molecule has 6 heteroatoms. The van der Waals surface area contributed by atoms with Crippen LogP contribution in [0.25, 0.3) is 0 Å². The number of anilines is 1. The van der Waals surface area contributed by atoms with Crippen LogP contribution in [0.15, 0.2) is 36.5 Å². The first-order chi connectivity index (χ1) is 9.61. The molecule has 0 aliphatic rings. The summed E-state index contributed by atoms with van der Waals surface area (Å²) in [6.07, 6.45) is 3.02. The third-order valence-corrected chi connectivity index (χ3v) is 3.03. The number of rotatable bonds is 6. The maximum atomic E-state index is 11.0. The lowest BCUT2D eigenvalue weighted by Crippen LogP contribution is -2.08. The van der Waals surface area contributed by atoms with Crippen molar-refractivity contribution in [1.29, 1.82) is 0 Å². The molecule has 0 radical (unpaired) electrons. The van der Waals surface area contributed by atoms with Crippen molar-refractivity contribution < 1.29 is 10.0 Å². The molecule has 0 bridgehead atoms. The van der Waals surface area contributed by atoms with Crippen LogP contribution >= 0.6 is 0 Å². The smallest absolute Gasteiger partial charge is 0.296 e. The van der Waals surface area contributed by atoms with Gasteiger partial charge in [-0.1, -0.05) is 6.92 Å². The van der Waals surface area contributed by atoms with Crippen molar-refractivity contribution in [3.05, 3.63) is 52.3 Å². The lowest BCUT2D eigenvalue weighted by atomic mass is 10.2. The fourth-order valence-electron chi connectivity index (χ4n) is 2.08. The Labute approximate surface area is 116 Å². The summed E-state index contributed by atoms with van der Waals surface area (Å²) in [5.74, 6) is -0.114. The number of nitro groups is 1. The lowest BCUT2D eigenvalue weighted by molar-refractivity contribution is -0.384. The summed E-state index contributed by atoms with van der Waals surface area (Å²) in [5.41, 5.74) is 1.34. The molecular formula is C14H17N3O3. The van der Waals surface area contributed by atoms with Crippen LogP contribution in [0.3, 0.4) is 0 Å². The van der Waals surface area contributed by atoms with Gasteiger partial charge in [0.2, 0.25) is 0 Å². The molecule has 1 heterocycles. The minimum absolute atomic E-state index is 0.114. The quantitative estimate of drug-likeness (QED) is 0.482. The Morgan fingerprint density at radius 2 is 2.20 bits per heavy atom. The van der Waals surface area contributed by atoms with Crippen molar-refractivity contribution in [1.82, 2.24) is 4.57 Å². The van der Waals surface area contributed by atoms with E-state index in [0.29, 0.717) is 12.2 Å². The average Bonchev–Trinajstić information content (AvgIpc) is 2.85. The maximum Gasteiger partial charge on any atom is 0.296 e. The average molecular weight is 275 g/mol. The number of nitrogens with one attached hydrogen (secondary N) is 1. The summed E-state index contributed by atoms with van der Waals surface area (Å²) in [7, 11) is 0. The second-order valence-corrected chi connectivity index (χ2v) is 4.51. The van der Waals surface area contributed by atoms with E-state index in [0.717, 1.165) is 24.7 Å². The molecule has 0 amide bonds. The number of phenolic OH excluding ortho intramolecular Hbond substituents is 1. The Kier molecular flexibility index (Phi) is 4.24. The van der Waals surface area contributed by atoms with E-state index < -0.39 is 4.92 Å². The zero-order valence-electron chi connectivity index (χ0n) is 11.2. The van der Waals surface area contributed by atoms with E-state index in [9.17, 15) is 15.2 Å². The fourth-order valence-corrected chi connectivity index (χ4v) is 2.08. The molecule has 0 aliphatic heterocycles. The number of hydrogen-bond donors (Lipinski definition) is 2. The molecule has 0 saturated carbocycles. The summed E-state index contributed by atoms with van der Waals surface area (Å²) in [6.45, 7) is 3.52. The third kappa shape index (κ3) is 3.09. The molecule has 2 aromatic rings. The van der Waals surface area contributed by atoms with Crippen LogP contribution in [0.2, 0.25) is 0 Å². The van der Waals surface area contributed by atoms with Gasteiger partial charge in [-0.15, -0.1) is 0 Å². The summed E-state index contributed by atoms with van der Waals surface area (Å²) in [5, 5.41) is 23.3. The van der Waals surface area contributed by atoms with Gasteiger partial charge in [-0.25, -0.2) is 0 Å². The predicted molar refractivity (Wildman–Crippen MR) is 76.8 cm³/mol. The molecule has 1 aromatic heterocycles. The van der Waals surface area contributed by atoms with Gasteiger partial charge < -0.3 is 15.0 Å². The zero-order valence-corrected chi connectivity index (χ0v) is 11.2. The zero-order chi connectivity index (χ0) is 14.5. The molecule has 1 aromatic carbocycles.